The van der Waals surface area contributed by atoms with Crippen LogP contribution in [0, 0.1) is 0 Å². The van der Waals surface area contributed by atoms with Gasteiger partial charge in [0.05, 0.1) is 11.4 Å². The van der Waals surface area contributed by atoms with Gasteiger partial charge in [0.1, 0.15) is 0 Å². The minimum absolute atomic E-state index is 0.0561. The zero-order chi connectivity index (χ0) is 12.9. The van der Waals surface area contributed by atoms with E-state index in [0.717, 1.165) is 19.4 Å². The lowest BCUT2D eigenvalue weighted by molar-refractivity contribution is 0.115. The molecule has 2 atom stereocenters. The predicted octanol–water partition coefficient (Wildman–Crippen LogP) is 0.425. The summed E-state index contributed by atoms with van der Waals surface area (Å²) in [7, 11) is -1.54. The van der Waals surface area contributed by atoms with Crippen LogP contribution >= 0.6 is 0 Å². The molecule has 6 heteroatoms. The van der Waals surface area contributed by atoms with E-state index in [1.807, 2.05) is 0 Å². The Morgan fingerprint density at radius 1 is 1.53 bits per heavy atom. The van der Waals surface area contributed by atoms with E-state index in [9.17, 15) is 8.42 Å². The molecule has 0 aromatic rings. The number of hydrogen-bond donors (Lipinski definition) is 1. The number of methoxy groups -OCH3 is 1. The van der Waals surface area contributed by atoms with Crippen molar-refractivity contribution in [2.75, 3.05) is 33.3 Å². The molecular weight excluding hydrogens is 240 g/mol. The molecule has 1 saturated heterocycles. The summed E-state index contributed by atoms with van der Waals surface area (Å²) < 4.78 is 31.2. The van der Waals surface area contributed by atoms with Crippen molar-refractivity contribution in [1.29, 1.82) is 0 Å². The van der Waals surface area contributed by atoms with Gasteiger partial charge in [-0.1, -0.05) is 6.92 Å². The summed E-state index contributed by atoms with van der Waals surface area (Å²) in [5.41, 5.74) is 0. The first kappa shape index (κ1) is 14.9. The molecule has 0 bridgehead atoms. The minimum Gasteiger partial charge on any atom is -0.380 e. The summed E-state index contributed by atoms with van der Waals surface area (Å²) in [6, 6.07) is 0. The van der Waals surface area contributed by atoms with Gasteiger partial charge in [-0.3, -0.25) is 0 Å². The van der Waals surface area contributed by atoms with E-state index in [-0.39, 0.29) is 11.4 Å². The first-order chi connectivity index (χ1) is 8.02. The molecular formula is C11H24N2O3S. The van der Waals surface area contributed by atoms with Crippen molar-refractivity contribution in [3.63, 3.8) is 0 Å². The summed E-state index contributed by atoms with van der Waals surface area (Å²) in [6.45, 7) is 6.29. The van der Waals surface area contributed by atoms with E-state index < -0.39 is 10.0 Å². The molecule has 1 fully saturated rings. The second kappa shape index (κ2) is 6.68. The highest BCUT2D eigenvalue weighted by Gasteiger charge is 2.34. The van der Waals surface area contributed by atoms with Gasteiger partial charge in [-0.2, -0.15) is 4.31 Å². The first-order valence-corrected chi connectivity index (χ1v) is 7.75. The van der Waals surface area contributed by atoms with Crippen LogP contribution in [-0.4, -0.2) is 57.4 Å². The van der Waals surface area contributed by atoms with Crippen molar-refractivity contribution in [2.24, 2.45) is 0 Å². The average Bonchev–Trinajstić information content (AvgIpc) is 2.78. The summed E-state index contributed by atoms with van der Waals surface area (Å²) >= 11 is 0. The highest BCUT2D eigenvalue weighted by atomic mass is 32.2. The molecule has 0 spiro atoms. The van der Waals surface area contributed by atoms with Crippen molar-refractivity contribution in [3.05, 3.63) is 0 Å². The van der Waals surface area contributed by atoms with Gasteiger partial charge in [0.2, 0.25) is 10.0 Å². The molecule has 1 N–H and O–H groups in total. The van der Waals surface area contributed by atoms with Crippen LogP contribution in [0.1, 0.15) is 26.7 Å². The Bertz CT molecular complexity index is 319. The van der Waals surface area contributed by atoms with Gasteiger partial charge in [-0.05, 0) is 26.3 Å². The number of hydrogen-bond acceptors (Lipinski definition) is 4. The van der Waals surface area contributed by atoms with Crippen LogP contribution in [0.5, 0.6) is 0 Å². The Morgan fingerprint density at radius 2 is 2.24 bits per heavy atom. The fraction of sp³-hybridized carbons (Fsp3) is 1.00. The molecule has 5 nitrogen and oxygen atoms in total. The molecule has 102 valence electrons. The minimum atomic E-state index is -3.17. The lowest BCUT2D eigenvalue weighted by Crippen LogP contribution is -2.41. The molecule has 0 amide bonds. The summed E-state index contributed by atoms with van der Waals surface area (Å²) in [4.78, 5) is 0. The van der Waals surface area contributed by atoms with Crippen LogP contribution in [0.2, 0.25) is 0 Å². The Morgan fingerprint density at radius 3 is 2.76 bits per heavy atom. The number of rotatable bonds is 7. The van der Waals surface area contributed by atoms with Crippen LogP contribution in [0.15, 0.2) is 0 Å². The number of nitrogens with one attached hydrogen (secondary N) is 1. The fourth-order valence-electron chi connectivity index (χ4n) is 1.96. The third kappa shape index (κ3) is 3.91. The highest BCUT2D eigenvalue weighted by molar-refractivity contribution is 7.89. The van der Waals surface area contributed by atoms with Gasteiger partial charge >= 0.3 is 0 Å². The van der Waals surface area contributed by atoms with E-state index in [4.69, 9.17) is 4.74 Å². The van der Waals surface area contributed by atoms with Crippen molar-refractivity contribution < 1.29 is 13.2 Å². The van der Waals surface area contributed by atoms with Gasteiger partial charge in [-0.25, -0.2) is 8.42 Å². The van der Waals surface area contributed by atoms with Crippen LogP contribution in [0.25, 0.3) is 0 Å². The third-order valence-electron chi connectivity index (χ3n) is 3.17. The molecule has 1 aliphatic rings. The maximum absolute atomic E-state index is 12.2. The van der Waals surface area contributed by atoms with E-state index in [1.54, 1.807) is 18.3 Å². The van der Waals surface area contributed by atoms with Crippen LogP contribution < -0.4 is 5.32 Å². The maximum Gasteiger partial charge on any atom is 0.218 e. The SMILES string of the molecule is CCCNCC(C)S(=O)(=O)N1CCC(OC)C1. The number of nitrogens with zero attached hydrogens (tertiary/aromatic N) is 1. The van der Waals surface area contributed by atoms with Gasteiger partial charge in [0, 0.05) is 26.7 Å². The second-order valence-electron chi connectivity index (χ2n) is 4.56. The molecule has 0 aliphatic carbocycles. The average molecular weight is 264 g/mol. The standard InChI is InChI=1S/C11H24N2O3S/c1-4-6-12-8-10(2)17(14,15)13-7-5-11(9-13)16-3/h10-12H,4-9H2,1-3H3. The Labute approximate surface area is 105 Å². The molecule has 0 aromatic carbocycles. The normalized spacial score (nSPS) is 24.1. The maximum atomic E-state index is 12.2. The molecule has 1 aliphatic heterocycles. The number of sulfonamides is 1. The summed E-state index contributed by atoms with van der Waals surface area (Å²) in [5.74, 6) is 0. The molecule has 0 radical (unpaired) electrons. The third-order valence-corrected chi connectivity index (χ3v) is 5.40. The van der Waals surface area contributed by atoms with Crippen LogP contribution in [-0.2, 0) is 14.8 Å². The Kier molecular flexibility index (Phi) is 5.85. The van der Waals surface area contributed by atoms with Gasteiger partial charge in [-0.15, -0.1) is 0 Å². The monoisotopic (exact) mass is 264 g/mol. The molecule has 1 rings (SSSR count). The molecule has 0 aromatic heterocycles. The van der Waals surface area contributed by atoms with Crippen molar-refractivity contribution >= 4 is 10.0 Å². The van der Waals surface area contributed by atoms with Gasteiger partial charge in [0.15, 0.2) is 0 Å². The number of ether oxygens (including phenoxy) is 1. The smallest absolute Gasteiger partial charge is 0.218 e. The fourth-order valence-corrected chi connectivity index (χ4v) is 3.53. The van der Waals surface area contributed by atoms with Crippen molar-refractivity contribution in [3.8, 4) is 0 Å². The Balaban J connectivity index is 2.50. The first-order valence-electron chi connectivity index (χ1n) is 6.24. The predicted molar refractivity (Wildman–Crippen MR) is 68.5 cm³/mol. The van der Waals surface area contributed by atoms with Crippen molar-refractivity contribution in [1.82, 2.24) is 9.62 Å². The van der Waals surface area contributed by atoms with Crippen LogP contribution in [0.3, 0.4) is 0 Å². The molecule has 17 heavy (non-hydrogen) atoms. The summed E-state index contributed by atoms with van der Waals surface area (Å²) in [6.07, 6.45) is 1.87. The largest absolute Gasteiger partial charge is 0.380 e. The van der Waals surface area contributed by atoms with E-state index in [1.165, 1.54) is 0 Å². The van der Waals surface area contributed by atoms with E-state index in [0.29, 0.717) is 19.6 Å². The van der Waals surface area contributed by atoms with E-state index in [2.05, 4.69) is 12.2 Å². The lowest BCUT2D eigenvalue weighted by Gasteiger charge is -2.21. The molecule has 1 heterocycles. The lowest BCUT2D eigenvalue weighted by atomic mass is 10.3. The molecule has 0 saturated carbocycles. The van der Waals surface area contributed by atoms with E-state index >= 15 is 0 Å². The zero-order valence-corrected chi connectivity index (χ0v) is 11.8. The topological polar surface area (TPSA) is 58.6 Å². The summed E-state index contributed by atoms with van der Waals surface area (Å²) in [5, 5.41) is 2.78. The second-order valence-corrected chi connectivity index (χ2v) is 6.92. The highest BCUT2D eigenvalue weighted by Crippen LogP contribution is 2.18. The zero-order valence-electron chi connectivity index (χ0n) is 11.0. The quantitative estimate of drug-likeness (QED) is 0.677. The molecule has 2 unspecified atom stereocenters. The van der Waals surface area contributed by atoms with Crippen LogP contribution in [0.4, 0.5) is 0 Å². The van der Waals surface area contributed by atoms with Crippen molar-refractivity contribution in [2.45, 2.75) is 38.0 Å². The van der Waals surface area contributed by atoms with Gasteiger partial charge in [0.25, 0.3) is 0 Å². The van der Waals surface area contributed by atoms with Gasteiger partial charge < -0.3 is 10.1 Å². The Hall–Kier alpha value is -0.170.